The van der Waals surface area contributed by atoms with Crippen LogP contribution in [0.3, 0.4) is 0 Å². The Labute approximate surface area is 96.6 Å². The van der Waals surface area contributed by atoms with Crippen LogP contribution in [0.2, 0.25) is 0 Å². The predicted octanol–water partition coefficient (Wildman–Crippen LogP) is 0.541. The van der Waals surface area contributed by atoms with Crippen LogP contribution >= 0.6 is 0 Å². The predicted molar refractivity (Wildman–Crippen MR) is 61.9 cm³/mol. The van der Waals surface area contributed by atoms with Crippen molar-refractivity contribution in [2.24, 2.45) is 17.1 Å². The van der Waals surface area contributed by atoms with Gasteiger partial charge in [-0.15, -0.1) is 0 Å². The van der Waals surface area contributed by atoms with Crippen molar-refractivity contribution in [1.82, 2.24) is 4.90 Å². The van der Waals surface area contributed by atoms with Gasteiger partial charge in [-0.3, -0.25) is 9.59 Å². The first-order valence-corrected chi connectivity index (χ1v) is 5.34. The molecule has 5 heteroatoms. The van der Waals surface area contributed by atoms with E-state index >= 15 is 0 Å². The van der Waals surface area contributed by atoms with Gasteiger partial charge in [-0.05, 0) is 11.8 Å². The zero-order valence-electron chi connectivity index (χ0n) is 10.5. The molecule has 0 saturated heterocycles. The van der Waals surface area contributed by atoms with Crippen molar-refractivity contribution in [2.45, 2.75) is 27.2 Å². The molecule has 0 aromatic rings. The van der Waals surface area contributed by atoms with Gasteiger partial charge in [0.05, 0.1) is 5.92 Å². The number of carboxylic acid groups (broad SMARTS) is 1. The number of carbonyl (C=O) groups excluding carboxylic acids is 1. The van der Waals surface area contributed by atoms with E-state index in [0.29, 0.717) is 6.42 Å². The lowest BCUT2D eigenvalue weighted by atomic mass is 9.84. The van der Waals surface area contributed by atoms with Gasteiger partial charge in [0.2, 0.25) is 5.91 Å². The molecule has 3 N–H and O–H groups in total. The molecule has 0 aliphatic rings. The molecular formula is C11H22N2O3. The molecular weight excluding hydrogens is 208 g/mol. The Balaban J connectivity index is 4.47. The first-order chi connectivity index (χ1) is 7.17. The van der Waals surface area contributed by atoms with Gasteiger partial charge in [-0.1, -0.05) is 20.8 Å². The highest BCUT2D eigenvalue weighted by Gasteiger charge is 2.26. The van der Waals surface area contributed by atoms with E-state index in [1.165, 1.54) is 11.9 Å². The van der Waals surface area contributed by atoms with Gasteiger partial charge in [0.1, 0.15) is 6.54 Å². The first-order valence-electron chi connectivity index (χ1n) is 5.34. The second-order valence-corrected chi connectivity index (χ2v) is 5.29. The summed E-state index contributed by atoms with van der Waals surface area (Å²) in [5, 5.41) is 8.59. The number of nitrogens with two attached hydrogens (primary N) is 1. The Bertz CT molecular complexity index is 258. The van der Waals surface area contributed by atoms with Gasteiger partial charge in [-0.25, -0.2) is 0 Å². The maximum Gasteiger partial charge on any atom is 0.323 e. The quantitative estimate of drug-likeness (QED) is 0.722. The van der Waals surface area contributed by atoms with Gasteiger partial charge in [0, 0.05) is 13.6 Å². The smallest absolute Gasteiger partial charge is 0.323 e. The van der Waals surface area contributed by atoms with E-state index in [1.54, 1.807) is 0 Å². The number of hydrogen-bond acceptors (Lipinski definition) is 3. The summed E-state index contributed by atoms with van der Waals surface area (Å²) < 4.78 is 0. The molecule has 0 fully saturated rings. The minimum atomic E-state index is -1.01. The van der Waals surface area contributed by atoms with E-state index in [1.807, 2.05) is 20.8 Å². The molecule has 0 heterocycles. The van der Waals surface area contributed by atoms with Gasteiger partial charge in [0.15, 0.2) is 0 Å². The van der Waals surface area contributed by atoms with E-state index < -0.39 is 5.97 Å². The third-order valence-corrected chi connectivity index (χ3v) is 2.24. The number of aliphatic carboxylic acids is 1. The van der Waals surface area contributed by atoms with Crippen molar-refractivity contribution in [2.75, 3.05) is 20.1 Å². The summed E-state index contributed by atoms with van der Waals surface area (Å²) in [5.41, 5.74) is 5.56. The molecule has 0 aromatic heterocycles. The Morgan fingerprint density at radius 1 is 1.38 bits per heavy atom. The van der Waals surface area contributed by atoms with Crippen LogP contribution in [-0.2, 0) is 9.59 Å². The number of rotatable bonds is 5. The maximum atomic E-state index is 11.9. The van der Waals surface area contributed by atoms with E-state index in [4.69, 9.17) is 10.8 Å². The Kier molecular flexibility index (Phi) is 5.44. The van der Waals surface area contributed by atoms with Crippen LogP contribution in [0.5, 0.6) is 0 Å². The normalized spacial score (nSPS) is 13.3. The van der Waals surface area contributed by atoms with E-state index in [-0.39, 0.29) is 30.3 Å². The van der Waals surface area contributed by atoms with Crippen LogP contribution in [-0.4, -0.2) is 42.0 Å². The van der Waals surface area contributed by atoms with Crippen LogP contribution < -0.4 is 5.73 Å². The Morgan fingerprint density at radius 2 is 1.88 bits per heavy atom. The minimum Gasteiger partial charge on any atom is -0.480 e. The summed E-state index contributed by atoms with van der Waals surface area (Å²) in [6, 6.07) is 0. The molecule has 0 bridgehead atoms. The summed E-state index contributed by atoms with van der Waals surface area (Å²) in [5.74, 6) is -1.51. The second-order valence-electron chi connectivity index (χ2n) is 5.29. The van der Waals surface area contributed by atoms with Crippen LogP contribution in [0, 0.1) is 11.3 Å². The highest BCUT2D eigenvalue weighted by molar-refractivity contribution is 5.83. The zero-order valence-corrected chi connectivity index (χ0v) is 10.5. The fourth-order valence-corrected chi connectivity index (χ4v) is 1.60. The van der Waals surface area contributed by atoms with Crippen molar-refractivity contribution in [3.8, 4) is 0 Å². The van der Waals surface area contributed by atoms with E-state index in [0.717, 1.165) is 0 Å². The molecule has 0 rings (SSSR count). The number of likely N-dealkylation sites (N-methyl/N-ethyl adjacent to an activating group) is 1. The van der Waals surface area contributed by atoms with Crippen LogP contribution in [0.15, 0.2) is 0 Å². The van der Waals surface area contributed by atoms with Gasteiger partial charge in [-0.2, -0.15) is 0 Å². The molecule has 0 spiro atoms. The van der Waals surface area contributed by atoms with Crippen molar-refractivity contribution in [3.63, 3.8) is 0 Å². The molecule has 5 nitrogen and oxygen atoms in total. The third-order valence-electron chi connectivity index (χ3n) is 2.24. The average Bonchev–Trinajstić information content (AvgIpc) is 2.10. The summed E-state index contributed by atoms with van der Waals surface area (Å²) >= 11 is 0. The lowest BCUT2D eigenvalue weighted by Gasteiger charge is -2.27. The fourth-order valence-electron chi connectivity index (χ4n) is 1.60. The van der Waals surface area contributed by atoms with Crippen LogP contribution in [0.1, 0.15) is 27.2 Å². The summed E-state index contributed by atoms with van der Waals surface area (Å²) in [6.45, 7) is 6.06. The summed E-state index contributed by atoms with van der Waals surface area (Å²) in [4.78, 5) is 23.6. The standard InChI is InChI=1S/C11H22N2O3/c1-11(2,3)5-8(6-12)10(16)13(4)7-9(14)15/h8H,5-7,12H2,1-4H3,(H,14,15). The summed E-state index contributed by atoms with van der Waals surface area (Å²) in [7, 11) is 1.49. The molecule has 1 atom stereocenters. The highest BCUT2D eigenvalue weighted by Crippen LogP contribution is 2.24. The molecule has 0 saturated carbocycles. The topological polar surface area (TPSA) is 83.6 Å². The highest BCUT2D eigenvalue weighted by atomic mass is 16.4. The summed E-state index contributed by atoms with van der Waals surface area (Å²) in [6.07, 6.45) is 0.659. The van der Waals surface area contributed by atoms with Crippen LogP contribution in [0.4, 0.5) is 0 Å². The minimum absolute atomic E-state index is 0.00373. The monoisotopic (exact) mass is 230 g/mol. The molecule has 16 heavy (non-hydrogen) atoms. The molecule has 0 radical (unpaired) electrons. The molecule has 0 aliphatic carbocycles. The van der Waals surface area contributed by atoms with E-state index in [9.17, 15) is 9.59 Å². The second kappa shape index (κ2) is 5.84. The van der Waals surface area contributed by atoms with Crippen molar-refractivity contribution >= 4 is 11.9 Å². The van der Waals surface area contributed by atoms with E-state index in [2.05, 4.69) is 0 Å². The number of carboxylic acids is 1. The third kappa shape index (κ3) is 5.70. The maximum absolute atomic E-state index is 11.9. The van der Waals surface area contributed by atoms with Crippen molar-refractivity contribution in [3.05, 3.63) is 0 Å². The number of nitrogens with zero attached hydrogens (tertiary/aromatic N) is 1. The van der Waals surface area contributed by atoms with Gasteiger partial charge >= 0.3 is 5.97 Å². The number of carbonyl (C=O) groups is 2. The number of hydrogen-bond donors (Lipinski definition) is 2. The van der Waals surface area contributed by atoms with Gasteiger partial charge < -0.3 is 15.7 Å². The van der Waals surface area contributed by atoms with Crippen LogP contribution in [0.25, 0.3) is 0 Å². The molecule has 0 aromatic carbocycles. The fraction of sp³-hybridized carbons (Fsp3) is 0.818. The zero-order chi connectivity index (χ0) is 12.9. The van der Waals surface area contributed by atoms with Crippen molar-refractivity contribution < 1.29 is 14.7 Å². The first kappa shape index (κ1) is 14.9. The largest absolute Gasteiger partial charge is 0.480 e. The molecule has 94 valence electrons. The number of amides is 1. The SMILES string of the molecule is CN(CC(=O)O)C(=O)C(CN)CC(C)(C)C. The molecule has 1 amide bonds. The lowest BCUT2D eigenvalue weighted by molar-refractivity contribution is -0.145. The molecule has 0 aliphatic heterocycles. The molecule has 1 unspecified atom stereocenters. The average molecular weight is 230 g/mol. The lowest BCUT2D eigenvalue weighted by Crippen LogP contribution is -2.40. The van der Waals surface area contributed by atoms with Crippen molar-refractivity contribution in [1.29, 1.82) is 0 Å². The Morgan fingerprint density at radius 3 is 2.19 bits per heavy atom. The Hall–Kier alpha value is -1.10. The van der Waals surface area contributed by atoms with Gasteiger partial charge in [0.25, 0.3) is 0 Å².